The number of carbonyl (C=O) groups is 1. The Hall–Kier alpha value is -2.91. The Morgan fingerprint density at radius 1 is 0.906 bits per heavy atom. The van der Waals surface area contributed by atoms with Crippen molar-refractivity contribution in [3.8, 4) is 0 Å². The van der Waals surface area contributed by atoms with Crippen molar-refractivity contribution >= 4 is 32.4 Å². The maximum Gasteiger partial charge on any atom is 0.416 e. The van der Waals surface area contributed by atoms with Gasteiger partial charge in [-0.3, -0.25) is 4.79 Å². The second kappa shape index (κ2) is 8.55. The minimum absolute atomic E-state index is 0.195. The van der Waals surface area contributed by atoms with E-state index in [2.05, 4.69) is 5.32 Å². The second-order valence-corrected chi connectivity index (χ2v) is 9.69. The van der Waals surface area contributed by atoms with Crippen molar-refractivity contribution in [2.45, 2.75) is 23.9 Å². The molecule has 1 fully saturated rings. The number of carbonyl (C=O) groups excluding carboxylic acids is 1. The van der Waals surface area contributed by atoms with E-state index in [9.17, 15) is 26.4 Å². The van der Waals surface area contributed by atoms with E-state index in [4.69, 9.17) is 0 Å². The predicted molar refractivity (Wildman–Crippen MR) is 116 cm³/mol. The average molecular weight is 462 g/mol. The SMILES string of the molecule is O=C(Nc1ccc(C(F)(F)F)cc1)C1CCN(S(=O)(=O)c2ccc3ccccc3c2)CC1. The zero-order chi connectivity index (χ0) is 22.9. The van der Waals surface area contributed by atoms with E-state index in [0.29, 0.717) is 12.8 Å². The minimum Gasteiger partial charge on any atom is -0.326 e. The number of alkyl halides is 3. The number of benzene rings is 3. The van der Waals surface area contributed by atoms with Gasteiger partial charge in [0.15, 0.2) is 0 Å². The molecule has 0 aromatic heterocycles. The topological polar surface area (TPSA) is 66.5 Å². The number of anilines is 1. The molecular weight excluding hydrogens is 441 g/mol. The quantitative estimate of drug-likeness (QED) is 0.600. The van der Waals surface area contributed by atoms with Gasteiger partial charge in [0.2, 0.25) is 15.9 Å². The zero-order valence-corrected chi connectivity index (χ0v) is 17.8. The van der Waals surface area contributed by atoms with Crippen molar-refractivity contribution < 1.29 is 26.4 Å². The summed E-state index contributed by atoms with van der Waals surface area (Å²) >= 11 is 0. The number of amides is 1. The average Bonchev–Trinajstić information content (AvgIpc) is 2.78. The number of sulfonamides is 1. The molecule has 1 N–H and O–H groups in total. The van der Waals surface area contributed by atoms with Crippen LogP contribution in [0.25, 0.3) is 10.8 Å². The van der Waals surface area contributed by atoms with Gasteiger partial charge in [0, 0.05) is 24.7 Å². The van der Waals surface area contributed by atoms with Gasteiger partial charge in [-0.1, -0.05) is 30.3 Å². The van der Waals surface area contributed by atoms with Gasteiger partial charge in [-0.25, -0.2) is 8.42 Å². The highest BCUT2D eigenvalue weighted by atomic mass is 32.2. The number of hydrogen-bond donors (Lipinski definition) is 1. The maximum atomic E-state index is 13.0. The largest absolute Gasteiger partial charge is 0.416 e. The number of hydrogen-bond acceptors (Lipinski definition) is 3. The van der Waals surface area contributed by atoms with Crippen LogP contribution in [0.15, 0.2) is 71.6 Å². The van der Waals surface area contributed by atoms with Crippen LogP contribution < -0.4 is 5.32 Å². The van der Waals surface area contributed by atoms with Crippen LogP contribution in [0.1, 0.15) is 18.4 Å². The molecule has 5 nitrogen and oxygen atoms in total. The molecule has 0 bridgehead atoms. The van der Waals surface area contributed by atoms with E-state index in [1.807, 2.05) is 24.3 Å². The molecule has 4 rings (SSSR count). The highest BCUT2D eigenvalue weighted by Gasteiger charge is 2.33. The summed E-state index contributed by atoms with van der Waals surface area (Å²) in [5.41, 5.74) is -0.517. The molecule has 3 aromatic carbocycles. The molecule has 9 heteroatoms. The van der Waals surface area contributed by atoms with Gasteiger partial charge < -0.3 is 5.32 Å². The first kappa shape index (κ1) is 22.3. The van der Waals surface area contributed by atoms with E-state index >= 15 is 0 Å². The van der Waals surface area contributed by atoms with Gasteiger partial charge in [0.1, 0.15) is 0 Å². The lowest BCUT2D eigenvalue weighted by molar-refractivity contribution is -0.137. The molecule has 0 unspecified atom stereocenters. The first-order valence-corrected chi connectivity index (χ1v) is 11.6. The molecule has 32 heavy (non-hydrogen) atoms. The number of halogens is 3. The van der Waals surface area contributed by atoms with Gasteiger partial charge in [-0.2, -0.15) is 17.5 Å². The lowest BCUT2D eigenvalue weighted by Crippen LogP contribution is -2.41. The molecule has 1 saturated heterocycles. The number of rotatable bonds is 4. The van der Waals surface area contributed by atoms with Crippen molar-refractivity contribution in [2.75, 3.05) is 18.4 Å². The molecule has 3 aromatic rings. The fourth-order valence-corrected chi connectivity index (χ4v) is 5.33. The zero-order valence-electron chi connectivity index (χ0n) is 17.0. The molecule has 0 radical (unpaired) electrons. The Kier molecular flexibility index (Phi) is 5.96. The number of nitrogens with zero attached hydrogens (tertiary/aromatic N) is 1. The van der Waals surface area contributed by atoms with E-state index in [-0.39, 0.29) is 29.6 Å². The third-order valence-electron chi connectivity index (χ3n) is 5.66. The Morgan fingerprint density at radius 3 is 2.16 bits per heavy atom. The number of nitrogens with one attached hydrogen (secondary N) is 1. The van der Waals surface area contributed by atoms with Gasteiger partial charge in [0.25, 0.3) is 0 Å². The van der Waals surface area contributed by atoms with E-state index in [0.717, 1.165) is 22.9 Å². The predicted octanol–water partition coefficient (Wildman–Crippen LogP) is 4.90. The van der Waals surface area contributed by atoms with E-state index < -0.39 is 27.7 Å². The molecule has 0 aliphatic carbocycles. The van der Waals surface area contributed by atoms with Crippen molar-refractivity contribution in [3.63, 3.8) is 0 Å². The van der Waals surface area contributed by atoms with Crippen LogP contribution in [0.4, 0.5) is 18.9 Å². The van der Waals surface area contributed by atoms with Crippen molar-refractivity contribution in [1.82, 2.24) is 4.31 Å². The summed E-state index contributed by atoms with van der Waals surface area (Å²) < 4.78 is 65.5. The lowest BCUT2D eigenvalue weighted by atomic mass is 9.97. The molecule has 0 saturated carbocycles. The summed E-state index contributed by atoms with van der Waals surface area (Å²) in [6.07, 6.45) is -3.77. The Bertz CT molecular complexity index is 1230. The first-order valence-electron chi connectivity index (χ1n) is 10.1. The smallest absolute Gasteiger partial charge is 0.326 e. The third kappa shape index (κ3) is 4.63. The normalized spacial score (nSPS) is 16.2. The van der Waals surface area contributed by atoms with Gasteiger partial charge >= 0.3 is 6.18 Å². The molecular formula is C23H21F3N2O3S. The van der Waals surface area contributed by atoms with Crippen molar-refractivity contribution in [1.29, 1.82) is 0 Å². The number of fused-ring (bicyclic) bond motifs is 1. The van der Waals surface area contributed by atoms with Crippen LogP contribution in [0, 0.1) is 5.92 Å². The first-order chi connectivity index (χ1) is 15.1. The highest BCUT2D eigenvalue weighted by molar-refractivity contribution is 7.89. The summed E-state index contributed by atoms with van der Waals surface area (Å²) in [6, 6.07) is 16.7. The molecule has 1 aliphatic rings. The highest BCUT2D eigenvalue weighted by Crippen LogP contribution is 2.30. The standard InChI is InChI=1S/C23H21F3N2O3S/c24-23(25,26)19-6-8-20(9-7-19)27-22(29)17-11-13-28(14-12-17)32(30,31)21-10-5-16-3-1-2-4-18(16)15-21/h1-10,15,17H,11-14H2,(H,27,29). The third-order valence-corrected chi connectivity index (χ3v) is 7.56. The van der Waals surface area contributed by atoms with Crippen molar-refractivity contribution in [2.24, 2.45) is 5.92 Å². The molecule has 1 aliphatic heterocycles. The Balaban J connectivity index is 1.39. The van der Waals surface area contributed by atoms with Gasteiger partial charge in [0.05, 0.1) is 10.5 Å². The molecule has 168 valence electrons. The van der Waals surface area contributed by atoms with Crippen LogP contribution >= 0.6 is 0 Å². The number of piperidine rings is 1. The fourth-order valence-electron chi connectivity index (χ4n) is 3.82. The molecule has 0 atom stereocenters. The van der Waals surface area contributed by atoms with Crippen LogP contribution in [-0.4, -0.2) is 31.7 Å². The fraction of sp³-hybridized carbons (Fsp3) is 0.261. The molecule has 0 spiro atoms. The van der Waals surface area contributed by atoms with Crippen LogP contribution in [0.2, 0.25) is 0 Å². The molecule has 1 amide bonds. The summed E-state index contributed by atoms with van der Waals surface area (Å²) in [6.45, 7) is 0.389. The van der Waals surface area contributed by atoms with Gasteiger partial charge in [-0.15, -0.1) is 0 Å². The minimum atomic E-state index is -4.44. The van der Waals surface area contributed by atoms with Gasteiger partial charge in [-0.05, 0) is 60.0 Å². The van der Waals surface area contributed by atoms with Crippen LogP contribution in [-0.2, 0) is 21.0 Å². The summed E-state index contributed by atoms with van der Waals surface area (Å²) in [4.78, 5) is 12.7. The van der Waals surface area contributed by atoms with E-state index in [1.165, 1.54) is 16.4 Å². The lowest BCUT2D eigenvalue weighted by Gasteiger charge is -2.30. The monoisotopic (exact) mass is 462 g/mol. The maximum absolute atomic E-state index is 13.0. The van der Waals surface area contributed by atoms with Crippen molar-refractivity contribution in [3.05, 3.63) is 72.3 Å². The Labute approximate surface area is 183 Å². The van der Waals surface area contributed by atoms with E-state index in [1.54, 1.807) is 18.2 Å². The Morgan fingerprint density at radius 2 is 1.53 bits per heavy atom. The summed E-state index contributed by atoms with van der Waals surface area (Å²) in [7, 11) is -3.69. The molecule has 1 heterocycles. The second-order valence-electron chi connectivity index (χ2n) is 7.75. The van der Waals surface area contributed by atoms with Crippen LogP contribution in [0.3, 0.4) is 0 Å². The summed E-state index contributed by atoms with van der Waals surface area (Å²) in [5.74, 6) is -0.743. The van der Waals surface area contributed by atoms with Crippen LogP contribution in [0.5, 0.6) is 0 Å². The summed E-state index contributed by atoms with van der Waals surface area (Å²) in [5, 5.41) is 4.40.